The van der Waals surface area contributed by atoms with E-state index in [1.165, 1.54) is 7.11 Å². The van der Waals surface area contributed by atoms with Crippen LogP contribution >= 0.6 is 0 Å². The van der Waals surface area contributed by atoms with Crippen LogP contribution in [0.4, 0.5) is 0 Å². The highest BCUT2D eigenvalue weighted by Crippen LogP contribution is 2.26. The first kappa shape index (κ1) is 10.7. The van der Waals surface area contributed by atoms with Crippen molar-refractivity contribution >= 4 is 16.9 Å². The van der Waals surface area contributed by atoms with Gasteiger partial charge in [0.1, 0.15) is 5.58 Å². The minimum absolute atomic E-state index is 0.153. The van der Waals surface area contributed by atoms with Crippen LogP contribution in [0.1, 0.15) is 18.0 Å². The second-order valence-electron chi connectivity index (χ2n) is 3.57. The molecule has 1 aromatic carbocycles. The molecule has 0 saturated carbocycles. The SMILES string of the molecule is COC(=O)C[C@H](N)c1coc2ccccc12. The second kappa shape index (κ2) is 4.37. The van der Waals surface area contributed by atoms with E-state index < -0.39 is 6.04 Å². The lowest BCUT2D eigenvalue weighted by molar-refractivity contribution is -0.141. The van der Waals surface area contributed by atoms with Gasteiger partial charge in [-0.3, -0.25) is 4.79 Å². The number of ether oxygens (including phenoxy) is 1. The van der Waals surface area contributed by atoms with Gasteiger partial charge >= 0.3 is 5.97 Å². The first-order valence-electron chi connectivity index (χ1n) is 5.01. The van der Waals surface area contributed by atoms with Gasteiger partial charge in [-0.25, -0.2) is 0 Å². The predicted molar refractivity (Wildman–Crippen MR) is 59.8 cm³/mol. The molecular weight excluding hydrogens is 206 g/mol. The molecule has 0 spiro atoms. The van der Waals surface area contributed by atoms with Crippen LogP contribution in [0, 0.1) is 0 Å². The number of methoxy groups -OCH3 is 1. The summed E-state index contributed by atoms with van der Waals surface area (Å²) in [5.74, 6) is -0.321. The van der Waals surface area contributed by atoms with Gasteiger partial charge < -0.3 is 14.9 Å². The molecule has 0 aliphatic heterocycles. The van der Waals surface area contributed by atoms with Crippen LogP contribution in [0.3, 0.4) is 0 Å². The third-order valence-corrected chi connectivity index (χ3v) is 2.52. The van der Waals surface area contributed by atoms with E-state index in [9.17, 15) is 4.79 Å². The zero-order chi connectivity index (χ0) is 11.5. The monoisotopic (exact) mass is 219 g/mol. The van der Waals surface area contributed by atoms with Gasteiger partial charge in [-0.1, -0.05) is 18.2 Å². The largest absolute Gasteiger partial charge is 0.469 e. The first-order chi connectivity index (χ1) is 7.72. The lowest BCUT2D eigenvalue weighted by Crippen LogP contribution is -2.15. The molecular formula is C12H13NO3. The predicted octanol–water partition coefficient (Wildman–Crippen LogP) is 2.00. The van der Waals surface area contributed by atoms with Gasteiger partial charge in [0.15, 0.2) is 0 Å². The Morgan fingerprint density at radius 2 is 2.25 bits per heavy atom. The molecule has 4 heteroatoms. The number of carbonyl (C=O) groups excluding carboxylic acids is 1. The van der Waals surface area contributed by atoms with E-state index in [4.69, 9.17) is 10.2 Å². The molecule has 0 aliphatic rings. The maximum atomic E-state index is 11.1. The highest BCUT2D eigenvalue weighted by atomic mass is 16.5. The smallest absolute Gasteiger partial charge is 0.307 e. The van der Waals surface area contributed by atoms with Crippen molar-refractivity contribution in [3.63, 3.8) is 0 Å². The van der Waals surface area contributed by atoms with E-state index in [0.29, 0.717) is 0 Å². The van der Waals surface area contributed by atoms with Crippen molar-refractivity contribution in [3.8, 4) is 0 Å². The maximum absolute atomic E-state index is 11.1. The van der Waals surface area contributed by atoms with Crippen molar-refractivity contribution in [3.05, 3.63) is 36.1 Å². The first-order valence-corrected chi connectivity index (χ1v) is 5.01. The van der Waals surface area contributed by atoms with E-state index in [2.05, 4.69) is 4.74 Å². The summed E-state index contributed by atoms with van der Waals surface area (Å²) in [6, 6.07) is 7.19. The molecule has 1 heterocycles. The number of hydrogen-bond donors (Lipinski definition) is 1. The number of esters is 1. The number of rotatable bonds is 3. The van der Waals surface area contributed by atoms with Gasteiger partial charge in [-0.15, -0.1) is 0 Å². The number of hydrogen-bond acceptors (Lipinski definition) is 4. The molecule has 2 N–H and O–H groups in total. The fourth-order valence-corrected chi connectivity index (χ4v) is 1.66. The normalized spacial score (nSPS) is 12.6. The zero-order valence-electron chi connectivity index (χ0n) is 8.97. The quantitative estimate of drug-likeness (QED) is 0.802. The molecule has 0 saturated heterocycles. The number of carbonyl (C=O) groups is 1. The van der Waals surface area contributed by atoms with Crippen LogP contribution in [0.5, 0.6) is 0 Å². The summed E-state index contributed by atoms with van der Waals surface area (Å²) < 4.78 is 9.93. The van der Waals surface area contributed by atoms with Crippen molar-refractivity contribution < 1.29 is 13.9 Å². The molecule has 4 nitrogen and oxygen atoms in total. The Kier molecular flexibility index (Phi) is 2.92. The lowest BCUT2D eigenvalue weighted by Gasteiger charge is -2.07. The van der Waals surface area contributed by atoms with E-state index in [1.54, 1.807) is 6.26 Å². The standard InChI is InChI=1S/C12H13NO3/c1-15-12(14)6-10(13)9-7-16-11-5-3-2-4-8(9)11/h2-5,7,10H,6,13H2,1H3/t10-/m0/s1. The van der Waals surface area contributed by atoms with Gasteiger partial charge in [-0.2, -0.15) is 0 Å². The van der Waals surface area contributed by atoms with Crippen molar-refractivity contribution in [2.75, 3.05) is 7.11 Å². The zero-order valence-corrected chi connectivity index (χ0v) is 8.97. The Morgan fingerprint density at radius 1 is 1.50 bits per heavy atom. The molecule has 0 amide bonds. The number of nitrogens with two attached hydrogens (primary N) is 1. The molecule has 84 valence electrons. The number of fused-ring (bicyclic) bond motifs is 1. The molecule has 1 aromatic heterocycles. The van der Waals surface area contributed by atoms with Crippen LogP contribution in [0.2, 0.25) is 0 Å². The molecule has 2 rings (SSSR count). The van der Waals surface area contributed by atoms with Gasteiger partial charge in [0.05, 0.1) is 19.8 Å². The van der Waals surface area contributed by atoms with Gasteiger partial charge in [0, 0.05) is 17.0 Å². The van der Waals surface area contributed by atoms with Crippen LogP contribution < -0.4 is 5.73 Å². The highest BCUT2D eigenvalue weighted by Gasteiger charge is 2.16. The molecule has 0 aliphatic carbocycles. The maximum Gasteiger partial charge on any atom is 0.307 e. The second-order valence-corrected chi connectivity index (χ2v) is 3.57. The van der Waals surface area contributed by atoms with Crippen LogP contribution in [-0.4, -0.2) is 13.1 Å². The minimum Gasteiger partial charge on any atom is -0.469 e. The Bertz CT molecular complexity index is 504. The molecule has 0 unspecified atom stereocenters. The molecule has 2 aromatic rings. The highest BCUT2D eigenvalue weighted by molar-refractivity contribution is 5.82. The summed E-state index contributed by atoms with van der Waals surface area (Å²) >= 11 is 0. The van der Waals surface area contributed by atoms with E-state index in [0.717, 1.165) is 16.5 Å². The Hall–Kier alpha value is -1.81. The molecule has 0 radical (unpaired) electrons. The summed E-state index contributed by atoms with van der Waals surface area (Å²) in [7, 11) is 1.35. The van der Waals surface area contributed by atoms with Crippen LogP contribution in [0.25, 0.3) is 11.0 Å². The molecule has 1 atom stereocenters. The van der Waals surface area contributed by atoms with Gasteiger partial charge in [0.2, 0.25) is 0 Å². The average molecular weight is 219 g/mol. The summed E-state index contributed by atoms with van der Waals surface area (Å²) in [6.45, 7) is 0. The van der Waals surface area contributed by atoms with Gasteiger partial charge in [0.25, 0.3) is 0 Å². The number of benzene rings is 1. The summed E-state index contributed by atoms with van der Waals surface area (Å²) in [4.78, 5) is 11.1. The van der Waals surface area contributed by atoms with Crippen molar-refractivity contribution in [2.24, 2.45) is 5.73 Å². The fraction of sp³-hybridized carbons (Fsp3) is 0.250. The molecule has 0 bridgehead atoms. The summed E-state index contributed by atoms with van der Waals surface area (Å²) in [5, 5.41) is 0.943. The Labute approximate surface area is 93.0 Å². The van der Waals surface area contributed by atoms with Crippen molar-refractivity contribution in [1.29, 1.82) is 0 Å². The number of furan rings is 1. The van der Waals surface area contributed by atoms with Crippen LogP contribution in [0.15, 0.2) is 34.9 Å². The average Bonchev–Trinajstić information content (AvgIpc) is 2.72. The molecule has 0 fully saturated rings. The number of para-hydroxylation sites is 1. The topological polar surface area (TPSA) is 65.5 Å². The Balaban J connectivity index is 2.29. The Morgan fingerprint density at radius 3 is 3.00 bits per heavy atom. The van der Waals surface area contributed by atoms with Crippen LogP contribution in [-0.2, 0) is 9.53 Å². The summed E-state index contributed by atoms with van der Waals surface area (Å²) in [6.07, 6.45) is 1.75. The third kappa shape index (κ3) is 1.92. The van der Waals surface area contributed by atoms with Gasteiger partial charge in [-0.05, 0) is 6.07 Å². The van der Waals surface area contributed by atoms with E-state index in [-0.39, 0.29) is 12.4 Å². The van der Waals surface area contributed by atoms with E-state index in [1.807, 2.05) is 24.3 Å². The van der Waals surface area contributed by atoms with E-state index >= 15 is 0 Å². The lowest BCUT2D eigenvalue weighted by atomic mass is 10.0. The third-order valence-electron chi connectivity index (χ3n) is 2.52. The fourth-order valence-electron chi connectivity index (χ4n) is 1.66. The minimum atomic E-state index is -0.393. The van der Waals surface area contributed by atoms with Crippen molar-refractivity contribution in [2.45, 2.75) is 12.5 Å². The van der Waals surface area contributed by atoms with Crippen molar-refractivity contribution in [1.82, 2.24) is 0 Å². The molecule has 16 heavy (non-hydrogen) atoms. The summed E-state index contributed by atoms with van der Waals surface area (Å²) in [5.41, 5.74) is 7.53.